The highest BCUT2D eigenvalue weighted by molar-refractivity contribution is 5.15. The minimum atomic E-state index is -0.0607. The molecule has 3 nitrogen and oxygen atoms in total. The molecule has 3 heteroatoms. The van der Waals surface area contributed by atoms with Gasteiger partial charge in [0.1, 0.15) is 0 Å². The molecule has 0 atom stereocenters. The molecule has 1 N–H and O–H groups in total. The third kappa shape index (κ3) is 1.37. The lowest BCUT2D eigenvalue weighted by Crippen LogP contribution is -2.23. The van der Waals surface area contributed by atoms with Gasteiger partial charge in [-0.15, -0.1) is 0 Å². The summed E-state index contributed by atoms with van der Waals surface area (Å²) in [5, 5.41) is 2.85. The summed E-state index contributed by atoms with van der Waals surface area (Å²) < 4.78 is 1.49. The van der Waals surface area contributed by atoms with Crippen molar-refractivity contribution in [1.82, 2.24) is 9.78 Å². The second-order valence-corrected chi connectivity index (χ2v) is 3.80. The van der Waals surface area contributed by atoms with Gasteiger partial charge >= 0.3 is 0 Å². The van der Waals surface area contributed by atoms with Crippen LogP contribution in [0.4, 0.5) is 0 Å². The normalized spacial score (nSPS) is 12.0. The summed E-state index contributed by atoms with van der Waals surface area (Å²) in [5.74, 6) is 0. The molecule has 62 valence electrons. The predicted octanol–water partition coefficient (Wildman–Crippen LogP) is 1.01. The lowest BCUT2D eigenvalue weighted by Gasteiger charge is -2.13. The molecule has 0 amide bonds. The van der Waals surface area contributed by atoms with E-state index in [9.17, 15) is 4.79 Å². The lowest BCUT2D eigenvalue weighted by atomic mass is 9.89. The van der Waals surface area contributed by atoms with Crippen LogP contribution in [0.1, 0.15) is 26.3 Å². The third-order valence-corrected chi connectivity index (χ3v) is 1.75. The SMILES string of the molecule is Cn1[nH]cc(C(C)(C)C)c1=O. The van der Waals surface area contributed by atoms with Crippen LogP contribution < -0.4 is 5.56 Å². The maximum atomic E-state index is 11.3. The quantitative estimate of drug-likeness (QED) is 0.595. The minimum absolute atomic E-state index is 0.0607. The summed E-state index contributed by atoms with van der Waals surface area (Å²) in [7, 11) is 1.72. The standard InChI is InChI=1S/C8H14N2O/c1-8(2,3)6-5-9-10(4)7(6)11/h5,9H,1-4H3. The van der Waals surface area contributed by atoms with Crippen LogP contribution in [0.3, 0.4) is 0 Å². The Hall–Kier alpha value is -0.990. The average molecular weight is 154 g/mol. The van der Waals surface area contributed by atoms with Crippen LogP contribution in [0.15, 0.2) is 11.0 Å². The van der Waals surface area contributed by atoms with E-state index in [1.807, 2.05) is 20.8 Å². The summed E-state index contributed by atoms with van der Waals surface area (Å²) in [6.07, 6.45) is 1.77. The van der Waals surface area contributed by atoms with Crippen molar-refractivity contribution < 1.29 is 0 Å². The first kappa shape index (κ1) is 8.11. The monoisotopic (exact) mass is 154 g/mol. The van der Waals surface area contributed by atoms with Gasteiger partial charge in [-0.3, -0.25) is 9.48 Å². The molecule has 0 bridgehead atoms. The van der Waals surface area contributed by atoms with Crippen LogP contribution in [-0.4, -0.2) is 9.78 Å². The second-order valence-electron chi connectivity index (χ2n) is 3.80. The van der Waals surface area contributed by atoms with Gasteiger partial charge in [0.2, 0.25) is 0 Å². The highest BCUT2D eigenvalue weighted by Gasteiger charge is 2.18. The first-order chi connectivity index (χ1) is 4.93. The van der Waals surface area contributed by atoms with E-state index in [-0.39, 0.29) is 11.0 Å². The molecule has 0 unspecified atom stereocenters. The third-order valence-electron chi connectivity index (χ3n) is 1.75. The minimum Gasteiger partial charge on any atom is -0.303 e. The number of aromatic nitrogens is 2. The van der Waals surface area contributed by atoms with E-state index >= 15 is 0 Å². The summed E-state index contributed by atoms with van der Waals surface area (Å²) in [4.78, 5) is 11.3. The molecule has 0 aliphatic rings. The fourth-order valence-electron chi connectivity index (χ4n) is 1.000. The number of nitrogens with one attached hydrogen (secondary N) is 1. The molecule has 0 radical (unpaired) electrons. The molecular weight excluding hydrogens is 140 g/mol. The van der Waals surface area contributed by atoms with Crippen LogP contribution in [0, 0.1) is 0 Å². The summed E-state index contributed by atoms with van der Waals surface area (Å²) in [6, 6.07) is 0. The molecule has 0 aliphatic carbocycles. The van der Waals surface area contributed by atoms with Gasteiger partial charge in [0.25, 0.3) is 5.56 Å². The van der Waals surface area contributed by atoms with Gasteiger partial charge in [-0.25, -0.2) is 0 Å². The molecule has 0 aromatic carbocycles. The molecule has 1 heterocycles. The Balaban J connectivity index is 3.27. The van der Waals surface area contributed by atoms with E-state index in [0.717, 1.165) is 5.56 Å². The Morgan fingerprint density at radius 2 is 2.00 bits per heavy atom. The van der Waals surface area contributed by atoms with Gasteiger partial charge in [0.15, 0.2) is 0 Å². The smallest absolute Gasteiger partial charge is 0.269 e. The Morgan fingerprint density at radius 3 is 2.18 bits per heavy atom. The number of hydrogen-bond acceptors (Lipinski definition) is 1. The molecule has 0 fully saturated rings. The van der Waals surface area contributed by atoms with Crippen molar-refractivity contribution >= 4 is 0 Å². The van der Waals surface area contributed by atoms with Gasteiger partial charge in [-0.05, 0) is 5.41 Å². The zero-order valence-electron chi connectivity index (χ0n) is 7.43. The Kier molecular flexibility index (Phi) is 1.66. The van der Waals surface area contributed by atoms with Crippen molar-refractivity contribution in [3.63, 3.8) is 0 Å². The second kappa shape index (κ2) is 2.26. The summed E-state index contributed by atoms with van der Waals surface area (Å²) >= 11 is 0. The van der Waals surface area contributed by atoms with Gasteiger partial charge in [-0.2, -0.15) is 0 Å². The van der Waals surface area contributed by atoms with Gasteiger partial charge in [0, 0.05) is 18.8 Å². The summed E-state index contributed by atoms with van der Waals surface area (Å²) in [5.41, 5.74) is 0.840. The highest BCUT2D eigenvalue weighted by atomic mass is 16.1. The van der Waals surface area contributed by atoms with Crippen molar-refractivity contribution in [3.8, 4) is 0 Å². The van der Waals surface area contributed by atoms with Crippen molar-refractivity contribution in [1.29, 1.82) is 0 Å². The first-order valence-corrected chi connectivity index (χ1v) is 3.68. The topological polar surface area (TPSA) is 37.8 Å². The van der Waals surface area contributed by atoms with Crippen molar-refractivity contribution in [3.05, 3.63) is 22.1 Å². The molecular formula is C8H14N2O. The molecule has 0 saturated carbocycles. The number of aromatic amines is 1. The molecule has 1 aromatic heterocycles. The molecule has 0 spiro atoms. The van der Waals surface area contributed by atoms with Crippen LogP contribution in [0.25, 0.3) is 0 Å². The Labute approximate surface area is 66.0 Å². The van der Waals surface area contributed by atoms with Crippen LogP contribution in [0.5, 0.6) is 0 Å². The fraction of sp³-hybridized carbons (Fsp3) is 0.625. The van der Waals surface area contributed by atoms with E-state index in [1.54, 1.807) is 13.2 Å². The van der Waals surface area contributed by atoms with Crippen molar-refractivity contribution in [2.45, 2.75) is 26.2 Å². The maximum Gasteiger partial charge on any atom is 0.269 e. The zero-order valence-corrected chi connectivity index (χ0v) is 7.43. The maximum absolute atomic E-state index is 11.3. The molecule has 1 aromatic rings. The zero-order chi connectivity index (χ0) is 8.65. The first-order valence-electron chi connectivity index (χ1n) is 3.68. The predicted molar refractivity (Wildman–Crippen MR) is 44.7 cm³/mol. The van der Waals surface area contributed by atoms with Gasteiger partial charge < -0.3 is 5.10 Å². The molecule has 0 saturated heterocycles. The van der Waals surface area contributed by atoms with Crippen LogP contribution in [0.2, 0.25) is 0 Å². The van der Waals surface area contributed by atoms with Crippen molar-refractivity contribution in [2.75, 3.05) is 0 Å². The van der Waals surface area contributed by atoms with Crippen LogP contribution in [-0.2, 0) is 12.5 Å². The fourth-order valence-corrected chi connectivity index (χ4v) is 1.000. The highest BCUT2D eigenvalue weighted by Crippen LogP contribution is 2.16. The van der Waals surface area contributed by atoms with E-state index in [2.05, 4.69) is 5.10 Å². The Bertz CT molecular complexity index is 301. The molecule has 11 heavy (non-hydrogen) atoms. The van der Waals surface area contributed by atoms with E-state index in [1.165, 1.54) is 4.68 Å². The van der Waals surface area contributed by atoms with Gasteiger partial charge in [0.05, 0.1) is 0 Å². The number of nitrogens with zero attached hydrogens (tertiary/aromatic N) is 1. The largest absolute Gasteiger partial charge is 0.303 e. The number of aryl methyl sites for hydroxylation is 1. The lowest BCUT2D eigenvalue weighted by molar-refractivity contribution is 0.582. The number of rotatable bonds is 0. The molecule has 1 rings (SSSR count). The van der Waals surface area contributed by atoms with Gasteiger partial charge in [-0.1, -0.05) is 20.8 Å². The van der Waals surface area contributed by atoms with E-state index < -0.39 is 0 Å². The Morgan fingerprint density at radius 1 is 1.45 bits per heavy atom. The van der Waals surface area contributed by atoms with E-state index in [0.29, 0.717) is 0 Å². The number of H-pyrrole nitrogens is 1. The average Bonchev–Trinajstić information content (AvgIpc) is 2.11. The molecule has 0 aliphatic heterocycles. The van der Waals surface area contributed by atoms with Crippen molar-refractivity contribution in [2.24, 2.45) is 7.05 Å². The number of hydrogen-bond donors (Lipinski definition) is 1. The van der Waals surface area contributed by atoms with Crippen LogP contribution >= 0.6 is 0 Å². The van der Waals surface area contributed by atoms with E-state index in [4.69, 9.17) is 0 Å². The summed E-state index contributed by atoms with van der Waals surface area (Å²) in [6.45, 7) is 6.08.